The second-order valence-corrected chi connectivity index (χ2v) is 14.4. The Hall–Kier alpha value is -3.43. The molecule has 1 saturated heterocycles. The Morgan fingerprint density at radius 2 is 1.79 bits per heavy atom. The Labute approximate surface area is 280 Å². The fourth-order valence-corrected chi connectivity index (χ4v) is 9.38. The number of halogens is 1. The number of hydrogen-bond donors (Lipinski definition) is 0. The summed E-state index contributed by atoms with van der Waals surface area (Å²) in [4.78, 5) is 48.8. The van der Waals surface area contributed by atoms with Gasteiger partial charge in [-0.05, 0) is 74.1 Å². The lowest BCUT2D eigenvalue weighted by Gasteiger charge is -2.41. The van der Waals surface area contributed by atoms with Crippen LogP contribution in [0.4, 0.5) is 0 Å². The Balaban J connectivity index is 0.00000324. The number of fused-ring (bicyclic) bond motifs is 7. The van der Waals surface area contributed by atoms with Crippen molar-refractivity contribution in [3.05, 3.63) is 50.8 Å². The van der Waals surface area contributed by atoms with E-state index in [1.807, 2.05) is 25.1 Å². The normalized spacial score (nSPS) is 25.9. The molecule has 5 heterocycles. The predicted octanol–water partition coefficient (Wildman–Crippen LogP) is 6.02. The Bertz CT molecular complexity index is 1870. The number of ketones is 1. The molecule has 0 amide bonds. The van der Waals surface area contributed by atoms with Crippen LogP contribution < -0.4 is 15.0 Å². The van der Waals surface area contributed by atoms with Crippen molar-refractivity contribution in [3.63, 3.8) is 0 Å². The topological polar surface area (TPSA) is 100.0 Å². The van der Waals surface area contributed by atoms with Gasteiger partial charge in [-0.3, -0.25) is 14.4 Å². The van der Waals surface area contributed by atoms with Gasteiger partial charge in [0.25, 0.3) is 5.56 Å². The lowest BCUT2D eigenvalue weighted by molar-refractivity contribution is -0.168. The number of ether oxygens (including phenoxy) is 3. The molecule has 0 N–H and O–H groups in total. The van der Waals surface area contributed by atoms with Gasteiger partial charge < -0.3 is 23.7 Å². The summed E-state index contributed by atoms with van der Waals surface area (Å²) in [5, 5.41) is 1.06. The summed E-state index contributed by atoms with van der Waals surface area (Å²) in [6, 6.07) is 5.91. The summed E-state index contributed by atoms with van der Waals surface area (Å²) in [5.74, 6) is 2.79. The van der Waals surface area contributed by atoms with Crippen LogP contribution >= 0.6 is 12.4 Å². The SMILES string of the molecule is CCC1(OC(=O)CCN2CC[C@H]3CCCC[C@@H]3C2)C(=O)Cc2c1cc1n(c2=O)Cc2c-1nc1cc3c(cc1c2C1CCC1)OCO3.Cl. The van der Waals surface area contributed by atoms with E-state index in [0.29, 0.717) is 41.6 Å². The molecular weight excluding hydrogens is 618 g/mol. The van der Waals surface area contributed by atoms with Crippen molar-refractivity contribution in [1.29, 1.82) is 0 Å². The summed E-state index contributed by atoms with van der Waals surface area (Å²) in [5.41, 5.74) is 3.96. The molecule has 3 aliphatic carbocycles. The van der Waals surface area contributed by atoms with Crippen LogP contribution in [-0.4, -0.2) is 52.6 Å². The second kappa shape index (κ2) is 11.6. The van der Waals surface area contributed by atoms with E-state index in [9.17, 15) is 14.4 Å². The lowest BCUT2D eigenvalue weighted by Crippen LogP contribution is -2.43. The van der Waals surface area contributed by atoms with Crippen molar-refractivity contribution in [2.45, 2.75) is 95.6 Å². The van der Waals surface area contributed by atoms with Crippen LogP contribution in [0.5, 0.6) is 11.5 Å². The van der Waals surface area contributed by atoms with Crippen LogP contribution in [-0.2, 0) is 32.9 Å². The molecule has 3 atom stereocenters. The number of carbonyl (C=O) groups is 2. The highest BCUT2D eigenvalue weighted by molar-refractivity contribution is 5.98. The van der Waals surface area contributed by atoms with Gasteiger partial charge >= 0.3 is 5.97 Å². The fourth-order valence-electron chi connectivity index (χ4n) is 9.38. The molecule has 3 aromatic rings. The molecule has 47 heavy (non-hydrogen) atoms. The molecule has 6 aliphatic rings. The van der Waals surface area contributed by atoms with Gasteiger partial charge in [-0.2, -0.15) is 0 Å². The molecule has 3 fully saturated rings. The van der Waals surface area contributed by atoms with Gasteiger partial charge in [0.2, 0.25) is 6.79 Å². The van der Waals surface area contributed by atoms with E-state index in [2.05, 4.69) is 4.90 Å². The van der Waals surface area contributed by atoms with Crippen LogP contribution in [0.2, 0.25) is 0 Å². The molecule has 0 radical (unpaired) electrons. The summed E-state index contributed by atoms with van der Waals surface area (Å²) < 4.78 is 19.4. The van der Waals surface area contributed by atoms with E-state index in [1.54, 1.807) is 4.57 Å². The first kappa shape index (κ1) is 30.9. The quantitative estimate of drug-likeness (QED) is 0.232. The van der Waals surface area contributed by atoms with Gasteiger partial charge in [0.1, 0.15) is 0 Å². The van der Waals surface area contributed by atoms with Crippen molar-refractivity contribution in [2.75, 3.05) is 26.4 Å². The second-order valence-electron chi connectivity index (χ2n) is 14.4. The Morgan fingerprint density at radius 3 is 2.55 bits per heavy atom. The molecule has 2 saturated carbocycles. The number of aromatic nitrogens is 2. The third kappa shape index (κ3) is 4.74. The zero-order chi connectivity index (χ0) is 31.2. The number of esters is 1. The summed E-state index contributed by atoms with van der Waals surface area (Å²) in [7, 11) is 0. The third-order valence-electron chi connectivity index (χ3n) is 12.1. The van der Waals surface area contributed by atoms with Crippen LogP contribution in [0.3, 0.4) is 0 Å². The molecule has 3 aliphatic heterocycles. The van der Waals surface area contributed by atoms with E-state index >= 15 is 0 Å². The predicted molar refractivity (Wildman–Crippen MR) is 178 cm³/mol. The number of nitrogens with zero attached hydrogens (tertiary/aromatic N) is 3. The lowest BCUT2D eigenvalue weighted by atomic mass is 9.75. The summed E-state index contributed by atoms with van der Waals surface area (Å²) in [6.45, 7) is 5.19. The number of rotatable bonds is 6. The average Bonchev–Trinajstić information content (AvgIpc) is 3.73. The Kier molecular flexibility index (Phi) is 7.63. The molecule has 248 valence electrons. The number of piperidine rings is 1. The molecule has 0 spiro atoms. The van der Waals surface area contributed by atoms with Gasteiger partial charge in [-0.1, -0.05) is 32.6 Å². The first-order chi connectivity index (χ1) is 22.4. The van der Waals surface area contributed by atoms with Crippen molar-refractivity contribution in [1.82, 2.24) is 14.5 Å². The average molecular weight is 660 g/mol. The zero-order valence-electron chi connectivity index (χ0n) is 27.0. The maximum absolute atomic E-state index is 14.1. The zero-order valence-corrected chi connectivity index (χ0v) is 27.8. The number of Topliss-reactive ketones (excluding diaryl/α,β-unsaturated/α-hetero) is 1. The van der Waals surface area contributed by atoms with Crippen LogP contribution in [0, 0.1) is 11.8 Å². The molecule has 1 aromatic carbocycles. The highest BCUT2D eigenvalue weighted by Gasteiger charge is 2.51. The van der Waals surface area contributed by atoms with E-state index < -0.39 is 5.60 Å². The van der Waals surface area contributed by atoms with Crippen LogP contribution in [0.1, 0.15) is 99.3 Å². The van der Waals surface area contributed by atoms with Crippen LogP contribution in [0.15, 0.2) is 23.0 Å². The highest BCUT2D eigenvalue weighted by Crippen LogP contribution is 2.49. The minimum atomic E-state index is -1.44. The van der Waals surface area contributed by atoms with E-state index in [1.165, 1.54) is 44.1 Å². The maximum atomic E-state index is 14.1. The molecular formula is C37H42ClN3O6. The Morgan fingerprint density at radius 1 is 1.00 bits per heavy atom. The van der Waals surface area contributed by atoms with Gasteiger partial charge in [-0.25, -0.2) is 4.98 Å². The van der Waals surface area contributed by atoms with E-state index in [-0.39, 0.29) is 55.8 Å². The molecule has 9 nitrogen and oxygen atoms in total. The number of likely N-dealkylation sites (tertiary alicyclic amines) is 1. The van der Waals surface area contributed by atoms with Crippen molar-refractivity contribution >= 4 is 35.1 Å². The number of carbonyl (C=O) groups excluding carboxylic acids is 2. The van der Waals surface area contributed by atoms with Crippen molar-refractivity contribution in [3.8, 4) is 22.9 Å². The smallest absolute Gasteiger partial charge is 0.308 e. The molecule has 1 unspecified atom stereocenters. The van der Waals surface area contributed by atoms with Gasteiger partial charge in [0.15, 0.2) is 22.9 Å². The highest BCUT2D eigenvalue weighted by atomic mass is 35.5. The van der Waals surface area contributed by atoms with Crippen molar-refractivity contribution < 1.29 is 23.8 Å². The maximum Gasteiger partial charge on any atom is 0.308 e. The number of pyridine rings is 2. The molecule has 10 heteroatoms. The minimum Gasteiger partial charge on any atom is -0.454 e. The van der Waals surface area contributed by atoms with E-state index in [0.717, 1.165) is 65.7 Å². The van der Waals surface area contributed by atoms with Gasteiger partial charge in [0, 0.05) is 47.7 Å². The monoisotopic (exact) mass is 659 g/mol. The third-order valence-corrected chi connectivity index (χ3v) is 12.1. The largest absolute Gasteiger partial charge is 0.454 e. The minimum absolute atomic E-state index is 0. The number of hydrogen-bond acceptors (Lipinski definition) is 8. The van der Waals surface area contributed by atoms with E-state index in [4.69, 9.17) is 19.2 Å². The molecule has 0 bridgehead atoms. The van der Waals surface area contributed by atoms with Crippen molar-refractivity contribution in [2.24, 2.45) is 11.8 Å². The van der Waals surface area contributed by atoms with Gasteiger partial charge in [0.05, 0.1) is 29.9 Å². The number of benzene rings is 1. The molecule has 9 rings (SSSR count). The van der Waals surface area contributed by atoms with Crippen LogP contribution in [0.25, 0.3) is 22.3 Å². The first-order valence-corrected chi connectivity index (χ1v) is 17.4. The van der Waals surface area contributed by atoms with Gasteiger partial charge in [-0.15, -0.1) is 12.4 Å². The fraction of sp³-hybridized carbons (Fsp3) is 0.568. The summed E-state index contributed by atoms with van der Waals surface area (Å²) in [6.07, 6.45) is 10.4. The molecule has 2 aromatic heterocycles. The first-order valence-electron chi connectivity index (χ1n) is 17.4. The standard InChI is InChI=1S/C37H41N3O6.ClH/c1-2-37(46-33(42)11-13-39-12-10-21-6-3-4-7-23(21)18-39)27-16-29-35-26(19-40(29)36(43)24(27)15-32(37)41)34(22-8-5-9-22)25-14-30-31(45-20-44-30)17-28(25)38-35;/h14,16-17,21-23H,2-13,15,18-20H2,1H3;1H/t21-,23-,37?;/m1./s1. The summed E-state index contributed by atoms with van der Waals surface area (Å²) >= 11 is 0.